The van der Waals surface area contributed by atoms with Crippen LogP contribution in [0.1, 0.15) is 18.4 Å². The van der Waals surface area contributed by atoms with Gasteiger partial charge >= 0.3 is 6.18 Å². The van der Waals surface area contributed by atoms with Crippen LogP contribution in [-0.2, 0) is 4.84 Å². The molecule has 0 bridgehead atoms. The Labute approximate surface area is 101 Å². The first-order valence-electron chi connectivity index (χ1n) is 5.00. The van der Waals surface area contributed by atoms with Crippen LogP contribution in [0.3, 0.4) is 0 Å². The molecule has 0 saturated carbocycles. The number of alkyl halides is 3. The van der Waals surface area contributed by atoms with Gasteiger partial charge in [-0.1, -0.05) is 35.0 Å². The van der Waals surface area contributed by atoms with Gasteiger partial charge in [0.2, 0.25) is 0 Å². The molecule has 1 aromatic rings. The molecule has 92 valence electrons. The van der Waals surface area contributed by atoms with E-state index in [0.717, 1.165) is 0 Å². The number of oxime groups is 1. The lowest BCUT2D eigenvalue weighted by Crippen LogP contribution is -2.19. The SMILES string of the molecule is FC(F)(F)CC1CC(c2ccccc2Cl)=NO1. The molecular formula is C11H9ClF3NO. The molecule has 0 fully saturated rings. The zero-order chi connectivity index (χ0) is 12.5. The van der Waals surface area contributed by atoms with Crippen LogP contribution in [0.25, 0.3) is 0 Å². The summed E-state index contributed by atoms with van der Waals surface area (Å²) in [5, 5.41) is 4.13. The van der Waals surface area contributed by atoms with Gasteiger partial charge in [0.1, 0.15) is 6.10 Å². The Balaban J connectivity index is 2.05. The van der Waals surface area contributed by atoms with E-state index in [1.165, 1.54) is 0 Å². The maximum Gasteiger partial charge on any atom is 0.392 e. The van der Waals surface area contributed by atoms with Gasteiger partial charge in [0.25, 0.3) is 0 Å². The molecule has 0 aromatic heterocycles. The minimum absolute atomic E-state index is 0.128. The highest BCUT2D eigenvalue weighted by molar-refractivity contribution is 6.34. The van der Waals surface area contributed by atoms with Crippen molar-refractivity contribution in [3.8, 4) is 0 Å². The number of hydrogen-bond donors (Lipinski definition) is 0. The largest absolute Gasteiger partial charge is 0.392 e. The molecule has 0 N–H and O–H groups in total. The van der Waals surface area contributed by atoms with Crippen LogP contribution < -0.4 is 0 Å². The second-order valence-corrected chi connectivity index (χ2v) is 4.18. The van der Waals surface area contributed by atoms with E-state index < -0.39 is 18.7 Å². The van der Waals surface area contributed by atoms with Crippen molar-refractivity contribution in [3.05, 3.63) is 34.9 Å². The predicted octanol–water partition coefficient (Wildman–Crippen LogP) is 3.79. The Hall–Kier alpha value is -1.23. The van der Waals surface area contributed by atoms with E-state index in [1.807, 2.05) is 0 Å². The fourth-order valence-corrected chi connectivity index (χ4v) is 1.90. The second-order valence-electron chi connectivity index (χ2n) is 3.77. The lowest BCUT2D eigenvalue weighted by atomic mass is 10.0. The first-order chi connectivity index (χ1) is 7.96. The summed E-state index contributed by atoms with van der Waals surface area (Å²) in [7, 11) is 0. The van der Waals surface area contributed by atoms with Crippen LogP contribution in [0.15, 0.2) is 29.4 Å². The van der Waals surface area contributed by atoms with Gasteiger partial charge in [0.15, 0.2) is 0 Å². The van der Waals surface area contributed by atoms with Crippen LogP contribution in [0.5, 0.6) is 0 Å². The summed E-state index contributed by atoms with van der Waals surface area (Å²) in [6, 6.07) is 6.87. The Bertz CT molecular complexity index is 445. The summed E-state index contributed by atoms with van der Waals surface area (Å²) >= 11 is 5.93. The summed E-state index contributed by atoms with van der Waals surface area (Å²) in [4.78, 5) is 4.76. The Morgan fingerprint density at radius 3 is 2.71 bits per heavy atom. The van der Waals surface area contributed by atoms with Crippen LogP contribution in [0, 0.1) is 0 Å². The van der Waals surface area contributed by atoms with E-state index in [2.05, 4.69) is 5.16 Å². The van der Waals surface area contributed by atoms with E-state index in [9.17, 15) is 13.2 Å². The minimum atomic E-state index is -4.24. The highest BCUT2D eigenvalue weighted by Gasteiger charge is 2.36. The van der Waals surface area contributed by atoms with Gasteiger partial charge in [0, 0.05) is 17.0 Å². The summed E-state index contributed by atoms with van der Waals surface area (Å²) < 4.78 is 36.5. The van der Waals surface area contributed by atoms with Gasteiger partial charge in [-0.05, 0) is 6.07 Å². The molecule has 1 unspecified atom stereocenters. The topological polar surface area (TPSA) is 21.6 Å². The molecule has 0 amide bonds. The summed E-state index contributed by atoms with van der Waals surface area (Å²) in [6.45, 7) is 0. The standard InChI is InChI=1S/C11H9ClF3NO/c12-9-4-2-1-3-8(9)10-5-7(17-16-10)6-11(13,14)15/h1-4,7H,5-6H2. The maximum absolute atomic E-state index is 12.2. The van der Waals surface area contributed by atoms with Crippen LogP contribution in [-0.4, -0.2) is 18.0 Å². The summed E-state index contributed by atoms with van der Waals surface area (Å²) in [6.07, 6.45) is -6.05. The van der Waals surface area contributed by atoms with Gasteiger partial charge in [-0.25, -0.2) is 0 Å². The molecule has 2 rings (SSSR count). The zero-order valence-corrected chi connectivity index (χ0v) is 9.42. The molecule has 0 spiro atoms. The van der Waals surface area contributed by atoms with Crippen molar-refractivity contribution in [1.82, 2.24) is 0 Å². The van der Waals surface area contributed by atoms with Crippen molar-refractivity contribution in [2.45, 2.75) is 25.1 Å². The van der Waals surface area contributed by atoms with Gasteiger partial charge < -0.3 is 4.84 Å². The monoisotopic (exact) mass is 263 g/mol. The van der Waals surface area contributed by atoms with Crippen molar-refractivity contribution < 1.29 is 18.0 Å². The zero-order valence-electron chi connectivity index (χ0n) is 8.67. The molecule has 6 heteroatoms. The van der Waals surface area contributed by atoms with Crippen LogP contribution >= 0.6 is 11.6 Å². The molecule has 1 aromatic carbocycles. The van der Waals surface area contributed by atoms with E-state index in [4.69, 9.17) is 16.4 Å². The summed E-state index contributed by atoms with van der Waals surface area (Å²) in [5.41, 5.74) is 1.09. The van der Waals surface area contributed by atoms with E-state index in [0.29, 0.717) is 16.3 Å². The molecular weight excluding hydrogens is 255 g/mol. The number of halogens is 4. The fourth-order valence-electron chi connectivity index (χ4n) is 1.65. The van der Waals surface area contributed by atoms with Gasteiger partial charge in [-0.15, -0.1) is 0 Å². The van der Waals surface area contributed by atoms with Crippen molar-refractivity contribution >= 4 is 17.3 Å². The lowest BCUT2D eigenvalue weighted by molar-refractivity contribution is -0.157. The Morgan fingerprint density at radius 1 is 1.35 bits per heavy atom. The lowest BCUT2D eigenvalue weighted by Gasteiger charge is -2.10. The number of nitrogens with zero attached hydrogens (tertiary/aromatic N) is 1. The molecule has 1 heterocycles. The van der Waals surface area contributed by atoms with Crippen molar-refractivity contribution in [2.24, 2.45) is 5.16 Å². The third-order valence-corrected chi connectivity index (χ3v) is 2.71. The first kappa shape index (κ1) is 12.2. The summed E-state index contributed by atoms with van der Waals surface area (Å²) in [5.74, 6) is 0. The fraction of sp³-hybridized carbons (Fsp3) is 0.364. The maximum atomic E-state index is 12.2. The molecule has 1 atom stereocenters. The van der Waals surface area contributed by atoms with Gasteiger partial charge in [-0.2, -0.15) is 13.2 Å². The van der Waals surface area contributed by atoms with Crippen LogP contribution in [0.2, 0.25) is 5.02 Å². The average molecular weight is 264 g/mol. The van der Waals surface area contributed by atoms with Crippen LogP contribution in [0.4, 0.5) is 13.2 Å². The van der Waals surface area contributed by atoms with E-state index in [-0.39, 0.29) is 6.42 Å². The third kappa shape index (κ3) is 3.12. The van der Waals surface area contributed by atoms with E-state index >= 15 is 0 Å². The smallest absolute Gasteiger partial charge is 0.391 e. The first-order valence-corrected chi connectivity index (χ1v) is 5.38. The third-order valence-electron chi connectivity index (χ3n) is 2.38. The number of rotatable bonds is 2. The van der Waals surface area contributed by atoms with Gasteiger partial charge in [0.05, 0.1) is 12.1 Å². The highest BCUT2D eigenvalue weighted by atomic mass is 35.5. The quantitative estimate of drug-likeness (QED) is 0.796. The molecule has 0 aliphatic carbocycles. The molecule has 1 aliphatic rings. The van der Waals surface area contributed by atoms with Crippen molar-refractivity contribution in [2.75, 3.05) is 0 Å². The Morgan fingerprint density at radius 2 is 2.06 bits per heavy atom. The highest BCUT2D eigenvalue weighted by Crippen LogP contribution is 2.29. The van der Waals surface area contributed by atoms with Gasteiger partial charge in [-0.3, -0.25) is 0 Å². The second kappa shape index (κ2) is 4.56. The molecule has 2 nitrogen and oxygen atoms in total. The predicted molar refractivity (Wildman–Crippen MR) is 58.2 cm³/mol. The van der Waals surface area contributed by atoms with Crippen molar-refractivity contribution in [3.63, 3.8) is 0 Å². The number of hydrogen-bond acceptors (Lipinski definition) is 2. The Kier molecular flexibility index (Phi) is 3.28. The van der Waals surface area contributed by atoms with E-state index in [1.54, 1.807) is 24.3 Å². The molecule has 17 heavy (non-hydrogen) atoms. The average Bonchev–Trinajstić information content (AvgIpc) is 2.64. The molecule has 0 saturated heterocycles. The normalized spacial score (nSPS) is 20.0. The molecule has 0 radical (unpaired) electrons. The molecule has 1 aliphatic heterocycles. The number of benzene rings is 1. The minimum Gasteiger partial charge on any atom is -0.391 e. The van der Waals surface area contributed by atoms with Crippen molar-refractivity contribution in [1.29, 1.82) is 0 Å².